The number of aromatic nitrogens is 2. The Bertz CT molecular complexity index is 382. The first-order valence-corrected chi connectivity index (χ1v) is 5.28. The molecule has 0 atom stereocenters. The van der Waals surface area contributed by atoms with Gasteiger partial charge in [-0.15, -0.1) is 0 Å². The van der Waals surface area contributed by atoms with E-state index in [2.05, 4.69) is 21.0 Å². The van der Waals surface area contributed by atoms with E-state index in [0.29, 0.717) is 12.8 Å². The van der Waals surface area contributed by atoms with Crippen molar-refractivity contribution in [2.75, 3.05) is 0 Å². The van der Waals surface area contributed by atoms with Crippen molar-refractivity contribution < 1.29 is 9.90 Å². The van der Waals surface area contributed by atoms with Crippen molar-refractivity contribution in [1.29, 1.82) is 0 Å². The molecule has 1 aliphatic carbocycles. The van der Waals surface area contributed by atoms with E-state index in [0.717, 1.165) is 16.6 Å². The number of rotatable bonds is 2. The first-order valence-electron chi connectivity index (χ1n) is 4.49. The van der Waals surface area contributed by atoms with E-state index < -0.39 is 11.4 Å². The van der Waals surface area contributed by atoms with E-state index in [1.807, 2.05) is 0 Å². The fourth-order valence-corrected chi connectivity index (χ4v) is 2.45. The van der Waals surface area contributed by atoms with Crippen LogP contribution in [0.1, 0.15) is 24.8 Å². The third kappa shape index (κ3) is 1.11. The quantitative estimate of drug-likeness (QED) is 0.879. The van der Waals surface area contributed by atoms with Crippen molar-refractivity contribution in [2.24, 2.45) is 7.05 Å². The third-order valence-electron chi connectivity index (χ3n) is 3.00. The van der Waals surface area contributed by atoms with Crippen LogP contribution in [0.4, 0.5) is 0 Å². The number of hydrogen-bond acceptors (Lipinski definition) is 2. The highest BCUT2D eigenvalue weighted by molar-refractivity contribution is 9.10. The van der Waals surface area contributed by atoms with E-state index >= 15 is 0 Å². The van der Waals surface area contributed by atoms with Gasteiger partial charge in [0.05, 0.1) is 11.6 Å². The zero-order valence-electron chi connectivity index (χ0n) is 7.83. The van der Waals surface area contributed by atoms with Gasteiger partial charge in [-0.05, 0) is 28.8 Å². The zero-order valence-corrected chi connectivity index (χ0v) is 9.41. The summed E-state index contributed by atoms with van der Waals surface area (Å²) in [6.45, 7) is 0. The van der Waals surface area contributed by atoms with E-state index in [4.69, 9.17) is 0 Å². The minimum atomic E-state index is -0.738. The molecule has 1 aliphatic rings. The average Bonchev–Trinajstić information content (AvgIpc) is 2.33. The first kappa shape index (κ1) is 9.71. The highest BCUT2D eigenvalue weighted by atomic mass is 79.9. The number of carbonyl (C=O) groups is 1. The van der Waals surface area contributed by atoms with Gasteiger partial charge in [-0.2, -0.15) is 5.10 Å². The Morgan fingerprint density at radius 3 is 2.64 bits per heavy atom. The highest BCUT2D eigenvalue weighted by Gasteiger charge is 2.48. The summed E-state index contributed by atoms with van der Waals surface area (Å²) in [5.41, 5.74) is 0.117. The molecular weight excluding hydrogens is 248 g/mol. The van der Waals surface area contributed by atoms with Crippen LogP contribution in [-0.2, 0) is 17.3 Å². The molecule has 0 aliphatic heterocycles. The summed E-state index contributed by atoms with van der Waals surface area (Å²) in [4.78, 5) is 11.2. The topological polar surface area (TPSA) is 55.1 Å². The van der Waals surface area contributed by atoms with Crippen molar-refractivity contribution in [2.45, 2.75) is 24.7 Å². The summed E-state index contributed by atoms with van der Waals surface area (Å²) < 4.78 is 2.43. The molecule has 76 valence electrons. The van der Waals surface area contributed by atoms with Crippen molar-refractivity contribution >= 4 is 21.9 Å². The van der Waals surface area contributed by atoms with Gasteiger partial charge in [0.2, 0.25) is 0 Å². The number of nitrogens with zero attached hydrogens (tertiary/aromatic N) is 2. The van der Waals surface area contributed by atoms with Gasteiger partial charge in [0.15, 0.2) is 0 Å². The molecule has 4 nitrogen and oxygen atoms in total. The molecule has 1 aromatic rings. The Hall–Kier alpha value is -0.840. The van der Waals surface area contributed by atoms with Crippen LogP contribution in [0.3, 0.4) is 0 Å². The standard InChI is InChI=1S/C9H11BrN2O2/c1-12-7(10)6(5-11-12)9(8(13)14)3-2-4-9/h5H,2-4H2,1H3,(H,13,14). The number of halogens is 1. The largest absolute Gasteiger partial charge is 0.481 e. The van der Waals surface area contributed by atoms with E-state index in [1.54, 1.807) is 17.9 Å². The monoisotopic (exact) mass is 258 g/mol. The molecule has 0 radical (unpaired) electrons. The summed E-state index contributed by atoms with van der Waals surface area (Å²) in [6.07, 6.45) is 4.06. The predicted molar refractivity (Wildman–Crippen MR) is 54.1 cm³/mol. The Balaban J connectivity index is 2.47. The van der Waals surface area contributed by atoms with Crippen LogP contribution in [0.5, 0.6) is 0 Å². The van der Waals surface area contributed by atoms with Crippen LogP contribution in [0, 0.1) is 0 Å². The first-order chi connectivity index (χ1) is 6.58. The van der Waals surface area contributed by atoms with Crippen LogP contribution in [0.25, 0.3) is 0 Å². The lowest BCUT2D eigenvalue weighted by atomic mass is 9.65. The molecule has 1 fully saturated rings. The molecule has 2 rings (SSSR count). The van der Waals surface area contributed by atoms with Crippen molar-refractivity contribution in [1.82, 2.24) is 9.78 Å². The molecule has 1 aromatic heterocycles. The Morgan fingerprint density at radius 1 is 1.71 bits per heavy atom. The van der Waals surface area contributed by atoms with Crippen LogP contribution < -0.4 is 0 Å². The van der Waals surface area contributed by atoms with Crippen molar-refractivity contribution in [3.8, 4) is 0 Å². The Labute approximate surface area is 90.0 Å². The average molecular weight is 259 g/mol. The van der Waals surface area contributed by atoms with Gasteiger partial charge in [-0.1, -0.05) is 6.42 Å². The maximum absolute atomic E-state index is 11.2. The number of hydrogen-bond donors (Lipinski definition) is 1. The second kappa shape index (κ2) is 3.08. The molecule has 0 spiro atoms. The molecule has 1 saturated carbocycles. The summed E-state index contributed by atoms with van der Waals surface area (Å²) in [5, 5.41) is 13.3. The molecule has 1 heterocycles. The summed E-state index contributed by atoms with van der Waals surface area (Å²) in [6, 6.07) is 0. The third-order valence-corrected chi connectivity index (χ3v) is 3.94. The molecule has 0 aromatic carbocycles. The van der Waals surface area contributed by atoms with E-state index in [9.17, 15) is 9.90 Å². The summed E-state index contributed by atoms with van der Waals surface area (Å²) in [5.74, 6) is -0.738. The minimum Gasteiger partial charge on any atom is -0.481 e. The maximum atomic E-state index is 11.2. The van der Waals surface area contributed by atoms with Gasteiger partial charge in [0, 0.05) is 12.6 Å². The van der Waals surface area contributed by atoms with Gasteiger partial charge < -0.3 is 5.11 Å². The molecule has 0 saturated heterocycles. The highest BCUT2D eigenvalue weighted by Crippen LogP contribution is 2.46. The van der Waals surface area contributed by atoms with Crippen LogP contribution in [0.15, 0.2) is 10.8 Å². The van der Waals surface area contributed by atoms with Gasteiger partial charge in [0.1, 0.15) is 4.60 Å². The van der Waals surface area contributed by atoms with Gasteiger partial charge in [-0.25, -0.2) is 0 Å². The smallest absolute Gasteiger partial charge is 0.314 e. The van der Waals surface area contributed by atoms with Gasteiger partial charge in [0.25, 0.3) is 0 Å². The molecule has 1 N–H and O–H groups in total. The lowest BCUT2D eigenvalue weighted by Gasteiger charge is -2.37. The Morgan fingerprint density at radius 2 is 2.36 bits per heavy atom. The normalized spacial score (nSPS) is 19.0. The van der Waals surface area contributed by atoms with Crippen LogP contribution in [0.2, 0.25) is 0 Å². The van der Waals surface area contributed by atoms with Crippen molar-refractivity contribution in [3.05, 3.63) is 16.4 Å². The molecule has 0 unspecified atom stereocenters. The SMILES string of the molecule is Cn1ncc(C2(C(=O)O)CCC2)c1Br. The fourth-order valence-electron chi connectivity index (χ4n) is 1.87. The van der Waals surface area contributed by atoms with Crippen molar-refractivity contribution in [3.63, 3.8) is 0 Å². The molecule has 14 heavy (non-hydrogen) atoms. The summed E-state index contributed by atoms with van der Waals surface area (Å²) in [7, 11) is 1.79. The molecular formula is C9H11BrN2O2. The zero-order chi connectivity index (χ0) is 10.3. The molecule has 0 bridgehead atoms. The molecule has 0 amide bonds. The predicted octanol–water partition coefficient (Wildman–Crippen LogP) is 1.69. The fraction of sp³-hybridized carbons (Fsp3) is 0.556. The second-order valence-electron chi connectivity index (χ2n) is 3.71. The number of aliphatic carboxylic acids is 1. The van der Waals surface area contributed by atoms with Gasteiger partial charge >= 0.3 is 5.97 Å². The summed E-state index contributed by atoms with van der Waals surface area (Å²) >= 11 is 3.37. The van der Waals surface area contributed by atoms with Crippen LogP contribution in [-0.4, -0.2) is 20.9 Å². The molecule has 5 heteroatoms. The minimum absolute atomic E-state index is 0.687. The van der Waals surface area contributed by atoms with Gasteiger partial charge in [-0.3, -0.25) is 9.48 Å². The lowest BCUT2D eigenvalue weighted by Crippen LogP contribution is -2.42. The lowest BCUT2D eigenvalue weighted by molar-refractivity contribution is -0.147. The second-order valence-corrected chi connectivity index (χ2v) is 4.46. The van der Waals surface area contributed by atoms with Crippen LogP contribution >= 0.6 is 15.9 Å². The van der Waals surface area contributed by atoms with E-state index in [-0.39, 0.29) is 0 Å². The number of carboxylic acids is 1. The number of carboxylic acid groups (broad SMARTS) is 1. The van der Waals surface area contributed by atoms with E-state index in [1.165, 1.54) is 0 Å². The Kier molecular flexibility index (Phi) is 2.14. The maximum Gasteiger partial charge on any atom is 0.314 e. The number of aryl methyl sites for hydroxylation is 1.